The average Bonchev–Trinajstić information content (AvgIpc) is 3.39. The molecule has 9 heteroatoms. The number of nitrogens with zero attached hydrogens (tertiary/aromatic N) is 5. The van der Waals surface area contributed by atoms with Gasteiger partial charge in [0, 0.05) is 43.6 Å². The summed E-state index contributed by atoms with van der Waals surface area (Å²) in [5.74, 6) is 0.00571. The van der Waals surface area contributed by atoms with E-state index in [4.69, 9.17) is 4.74 Å². The van der Waals surface area contributed by atoms with Crippen LogP contribution < -0.4 is 9.80 Å². The number of ether oxygens (including phenoxy) is 1. The monoisotopic (exact) mass is 409 g/mol. The summed E-state index contributed by atoms with van der Waals surface area (Å²) in [5.41, 5.74) is 2.28. The number of thiazole rings is 1. The lowest BCUT2D eigenvalue weighted by molar-refractivity contribution is 0.0747. The SMILES string of the molecule is O=C(c1ccc(N2CCOC2=O)cc1)N1CCN(c2nc3cccnc3s2)CC1. The van der Waals surface area contributed by atoms with Crippen molar-refractivity contribution < 1.29 is 14.3 Å². The van der Waals surface area contributed by atoms with Crippen molar-refractivity contribution in [2.75, 3.05) is 49.1 Å². The molecule has 5 rings (SSSR count). The molecule has 0 aliphatic carbocycles. The van der Waals surface area contributed by atoms with Crippen LogP contribution in [-0.4, -0.2) is 66.2 Å². The molecular formula is C20H19N5O3S. The number of carbonyl (C=O) groups is 2. The van der Waals surface area contributed by atoms with Gasteiger partial charge in [0.1, 0.15) is 17.0 Å². The molecule has 0 bridgehead atoms. The van der Waals surface area contributed by atoms with Crippen LogP contribution in [0.4, 0.5) is 15.6 Å². The second-order valence-corrected chi connectivity index (χ2v) is 7.87. The molecule has 3 aromatic rings. The first-order valence-electron chi connectivity index (χ1n) is 9.49. The van der Waals surface area contributed by atoms with Crippen LogP contribution in [0.2, 0.25) is 0 Å². The van der Waals surface area contributed by atoms with E-state index in [2.05, 4.69) is 14.9 Å². The number of benzene rings is 1. The highest BCUT2D eigenvalue weighted by Crippen LogP contribution is 2.28. The minimum absolute atomic E-state index is 0.00571. The lowest BCUT2D eigenvalue weighted by Gasteiger charge is -2.34. The van der Waals surface area contributed by atoms with Crippen LogP contribution >= 0.6 is 11.3 Å². The van der Waals surface area contributed by atoms with E-state index in [1.54, 1.807) is 46.7 Å². The maximum Gasteiger partial charge on any atom is 0.414 e. The molecule has 0 atom stereocenters. The second-order valence-electron chi connectivity index (χ2n) is 6.92. The van der Waals surface area contributed by atoms with Crippen LogP contribution in [0, 0.1) is 0 Å². The molecule has 1 aromatic carbocycles. The van der Waals surface area contributed by atoms with Crippen molar-refractivity contribution in [1.29, 1.82) is 0 Å². The maximum absolute atomic E-state index is 12.9. The zero-order valence-corrected chi connectivity index (χ0v) is 16.5. The average molecular weight is 409 g/mol. The Morgan fingerprint density at radius 2 is 1.83 bits per heavy atom. The van der Waals surface area contributed by atoms with E-state index in [1.807, 2.05) is 17.0 Å². The van der Waals surface area contributed by atoms with Crippen molar-refractivity contribution in [3.05, 3.63) is 48.2 Å². The first-order chi connectivity index (χ1) is 14.2. The predicted molar refractivity (Wildman–Crippen MR) is 111 cm³/mol. The summed E-state index contributed by atoms with van der Waals surface area (Å²) in [7, 11) is 0. The fourth-order valence-corrected chi connectivity index (χ4v) is 4.55. The van der Waals surface area contributed by atoms with Gasteiger partial charge in [0.05, 0.1) is 6.54 Å². The van der Waals surface area contributed by atoms with Gasteiger partial charge >= 0.3 is 6.09 Å². The third-order valence-corrected chi connectivity index (χ3v) is 6.22. The molecular weight excluding hydrogens is 390 g/mol. The number of anilines is 2. The standard InChI is InChI=1S/C20H19N5O3S/c26-18(14-3-5-15(6-4-14)25-12-13-28-20(25)27)23-8-10-24(11-9-23)19-22-16-2-1-7-21-17(16)29-19/h1-7H,8-13H2. The van der Waals surface area contributed by atoms with Crippen molar-refractivity contribution in [1.82, 2.24) is 14.9 Å². The van der Waals surface area contributed by atoms with Crippen LogP contribution in [0.1, 0.15) is 10.4 Å². The summed E-state index contributed by atoms with van der Waals surface area (Å²) < 4.78 is 4.96. The minimum atomic E-state index is -0.342. The number of rotatable bonds is 3. The maximum atomic E-state index is 12.9. The van der Waals surface area contributed by atoms with Gasteiger partial charge < -0.3 is 14.5 Å². The summed E-state index contributed by atoms with van der Waals surface area (Å²) in [4.78, 5) is 40.1. The van der Waals surface area contributed by atoms with Crippen molar-refractivity contribution in [3.8, 4) is 0 Å². The normalized spacial score (nSPS) is 17.1. The van der Waals surface area contributed by atoms with E-state index in [9.17, 15) is 9.59 Å². The van der Waals surface area contributed by atoms with Crippen LogP contribution in [0.5, 0.6) is 0 Å². The lowest BCUT2D eigenvalue weighted by Crippen LogP contribution is -2.48. The van der Waals surface area contributed by atoms with Crippen molar-refractivity contribution in [2.45, 2.75) is 0 Å². The number of hydrogen-bond donors (Lipinski definition) is 0. The number of amides is 2. The zero-order valence-electron chi connectivity index (χ0n) is 15.7. The molecule has 148 valence electrons. The highest BCUT2D eigenvalue weighted by molar-refractivity contribution is 7.21. The first-order valence-corrected chi connectivity index (χ1v) is 10.3. The molecule has 4 heterocycles. The Hall–Kier alpha value is -3.20. The number of pyridine rings is 1. The third-order valence-electron chi connectivity index (χ3n) is 5.18. The molecule has 0 N–H and O–H groups in total. The van der Waals surface area contributed by atoms with Gasteiger partial charge in [0.2, 0.25) is 0 Å². The fourth-order valence-electron chi connectivity index (χ4n) is 3.59. The molecule has 29 heavy (non-hydrogen) atoms. The Morgan fingerprint density at radius 1 is 1.03 bits per heavy atom. The molecule has 2 saturated heterocycles. The quantitative estimate of drug-likeness (QED) is 0.662. The smallest absolute Gasteiger partial charge is 0.414 e. The van der Waals surface area contributed by atoms with Crippen molar-refractivity contribution in [3.63, 3.8) is 0 Å². The van der Waals surface area contributed by atoms with Gasteiger partial charge in [0.15, 0.2) is 5.13 Å². The van der Waals surface area contributed by atoms with Gasteiger partial charge in [-0.15, -0.1) is 0 Å². The molecule has 2 aliphatic heterocycles. The van der Waals surface area contributed by atoms with E-state index >= 15 is 0 Å². The molecule has 0 spiro atoms. The van der Waals surface area contributed by atoms with Gasteiger partial charge in [-0.05, 0) is 36.4 Å². The molecule has 2 aliphatic rings. The fraction of sp³-hybridized carbons (Fsp3) is 0.300. The van der Waals surface area contributed by atoms with Crippen molar-refractivity contribution in [2.24, 2.45) is 0 Å². The Labute approximate surface area is 171 Å². The zero-order chi connectivity index (χ0) is 19.8. The van der Waals surface area contributed by atoms with Crippen molar-refractivity contribution >= 4 is 44.5 Å². The minimum Gasteiger partial charge on any atom is -0.447 e. The van der Waals surface area contributed by atoms with Gasteiger partial charge in [0.25, 0.3) is 5.91 Å². The first kappa shape index (κ1) is 17.9. The van der Waals surface area contributed by atoms with E-state index in [0.29, 0.717) is 31.8 Å². The van der Waals surface area contributed by atoms with Crippen LogP contribution in [0.3, 0.4) is 0 Å². The van der Waals surface area contributed by atoms with Crippen LogP contribution in [0.15, 0.2) is 42.6 Å². The Balaban J connectivity index is 1.23. The highest BCUT2D eigenvalue weighted by Gasteiger charge is 2.26. The van der Waals surface area contributed by atoms with E-state index < -0.39 is 0 Å². The van der Waals surface area contributed by atoms with Gasteiger partial charge in [-0.25, -0.2) is 14.8 Å². The second kappa shape index (κ2) is 7.32. The Morgan fingerprint density at radius 3 is 2.52 bits per heavy atom. The predicted octanol–water partition coefficient (Wildman–Crippen LogP) is 2.61. The summed E-state index contributed by atoms with van der Waals surface area (Å²) in [6.45, 7) is 3.70. The van der Waals surface area contributed by atoms with E-state index in [1.165, 1.54) is 0 Å². The third kappa shape index (κ3) is 3.38. The van der Waals surface area contributed by atoms with Gasteiger partial charge in [-0.3, -0.25) is 9.69 Å². The topological polar surface area (TPSA) is 78.9 Å². The number of cyclic esters (lactones) is 1. The number of piperazine rings is 1. The number of hydrogen-bond acceptors (Lipinski definition) is 7. The molecule has 0 unspecified atom stereocenters. The molecule has 2 aromatic heterocycles. The van der Waals surface area contributed by atoms with Gasteiger partial charge in [-0.2, -0.15) is 0 Å². The number of carbonyl (C=O) groups excluding carboxylic acids is 2. The Kier molecular flexibility index (Phi) is 4.51. The van der Waals surface area contributed by atoms with Gasteiger partial charge in [-0.1, -0.05) is 11.3 Å². The number of fused-ring (bicyclic) bond motifs is 1. The summed E-state index contributed by atoms with van der Waals surface area (Å²) in [6, 6.07) is 11.0. The van der Waals surface area contributed by atoms with E-state index in [0.717, 1.165) is 34.3 Å². The molecule has 2 fully saturated rings. The molecule has 2 amide bonds. The lowest BCUT2D eigenvalue weighted by atomic mass is 10.1. The van der Waals surface area contributed by atoms with Crippen LogP contribution in [0.25, 0.3) is 10.3 Å². The Bertz CT molecular complexity index is 1030. The van der Waals surface area contributed by atoms with E-state index in [-0.39, 0.29) is 12.0 Å². The molecule has 8 nitrogen and oxygen atoms in total. The molecule has 0 radical (unpaired) electrons. The summed E-state index contributed by atoms with van der Waals surface area (Å²) >= 11 is 1.58. The summed E-state index contributed by atoms with van der Waals surface area (Å²) in [6.07, 6.45) is 1.43. The van der Waals surface area contributed by atoms with Crippen LogP contribution in [-0.2, 0) is 4.74 Å². The highest BCUT2D eigenvalue weighted by atomic mass is 32.1. The largest absolute Gasteiger partial charge is 0.447 e. The summed E-state index contributed by atoms with van der Waals surface area (Å²) in [5, 5.41) is 0.952. The number of aromatic nitrogens is 2. The molecule has 0 saturated carbocycles.